The third kappa shape index (κ3) is 3.52. The second-order valence-electron chi connectivity index (χ2n) is 7.54. The first-order valence-corrected chi connectivity index (χ1v) is 10.2. The standard InChI is InChI=1S/C21H21ClN6O/c22-17-6-4-15(5-7-17)13-27-19-18(20-24-14-25-28(20)21(27)29)10-16(11-23-19)12-26-8-2-1-3-9-26/h4-7,10-11,14H,1-3,8-9,12-13H2. The predicted molar refractivity (Wildman–Crippen MR) is 112 cm³/mol. The van der Waals surface area contributed by atoms with Gasteiger partial charge in [0.05, 0.1) is 11.9 Å². The van der Waals surface area contributed by atoms with E-state index in [-0.39, 0.29) is 5.69 Å². The molecule has 4 heterocycles. The number of hydrogen-bond donors (Lipinski definition) is 0. The Hall–Kier alpha value is -2.77. The zero-order chi connectivity index (χ0) is 19.8. The van der Waals surface area contributed by atoms with Crippen molar-refractivity contribution in [3.63, 3.8) is 0 Å². The maximum Gasteiger partial charge on any atom is 0.352 e. The van der Waals surface area contributed by atoms with Gasteiger partial charge in [0.25, 0.3) is 0 Å². The van der Waals surface area contributed by atoms with Crippen LogP contribution >= 0.6 is 11.6 Å². The first kappa shape index (κ1) is 18.3. The molecule has 1 aliphatic rings. The molecule has 0 spiro atoms. The smallest absolute Gasteiger partial charge is 0.299 e. The number of hydrogen-bond acceptors (Lipinski definition) is 5. The van der Waals surface area contributed by atoms with Gasteiger partial charge in [-0.3, -0.25) is 9.47 Å². The van der Waals surface area contributed by atoms with Gasteiger partial charge in [0.2, 0.25) is 0 Å². The van der Waals surface area contributed by atoms with Crippen molar-refractivity contribution in [1.29, 1.82) is 0 Å². The van der Waals surface area contributed by atoms with Gasteiger partial charge in [0, 0.05) is 17.8 Å². The summed E-state index contributed by atoms with van der Waals surface area (Å²) < 4.78 is 3.00. The monoisotopic (exact) mass is 408 g/mol. The minimum atomic E-state index is -0.253. The molecule has 148 valence electrons. The van der Waals surface area contributed by atoms with Gasteiger partial charge in [0.1, 0.15) is 12.0 Å². The highest BCUT2D eigenvalue weighted by molar-refractivity contribution is 6.30. The Labute approximate surface area is 172 Å². The fourth-order valence-electron chi connectivity index (χ4n) is 4.03. The van der Waals surface area contributed by atoms with E-state index < -0.39 is 0 Å². The van der Waals surface area contributed by atoms with Crippen molar-refractivity contribution in [3.8, 4) is 0 Å². The number of piperidine rings is 1. The number of rotatable bonds is 4. The molecule has 0 saturated carbocycles. The molecule has 3 aromatic heterocycles. The number of pyridine rings is 1. The molecule has 0 amide bonds. The zero-order valence-electron chi connectivity index (χ0n) is 16.0. The van der Waals surface area contributed by atoms with Crippen LogP contribution in [0.15, 0.2) is 47.7 Å². The van der Waals surface area contributed by atoms with E-state index in [0.29, 0.717) is 22.9 Å². The minimum absolute atomic E-state index is 0.253. The van der Waals surface area contributed by atoms with Crippen LogP contribution in [0.25, 0.3) is 16.7 Å². The summed E-state index contributed by atoms with van der Waals surface area (Å²) in [5.74, 6) is 0. The molecule has 29 heavy (non-hydrogen) atoms. The molecule has 0 aliphatic carbocycles. The minimum Gasteiger partial charge on any atom is -0.299 e. The van der Waals surface area contributed by atoms with Crippen LogP contribution < -0.4 is 5.69 Å². The Morgan fingerprint density at radius 2 is 1.72 bits per heavy atom. The van der Waals surface area contributed by atoms with Gasteiger partial charge in [-0.25, -0.2) is 14.8 Å². The molecule has 0 radical (unpaired) electrons. The first-order valence-electron chi connectivity index (χ1n) is 9.87. The van der Waals surface area contributed by atoms with Crippen LogP contribution in [-0.2, 0) is 13.1 Å². The third-order valence-electron chi connectivity index (χ3n) is 5.49. The number of likely N-dealkylation sites (tertiary alicyclic amines) is 1. The summed E-state index contributed by atoms with van der Waals surface area (Å²) in [5.41, 5.74) is 3.01. The molecule has 1 fully saturated rings. The van der Waals surface area contributed by atoms with Crippen molar-refractivity contribution in [2.75, 3.05) is 13.1 Å². The van der Waals surface area contributed by atoms with Gasteiger partial charge in [-0.2, -0.15) is 9.61 Å². The molecule has 0 bridgehead atoms. The van der Waals surface area contributed by atoms with Crippen LogP contribution in [0.4, 0.5) is 0 Å². The molecule has 1 saturated heterocycles. The third-order valence-corrected chi connectivity index (χ3v) is 5.74. The maximum atomic E-state index is 13.0. The highest BCUT2D eigenvalue weighted by Gasteiger charge is 2.16. The van der Waals surface area contributed by atoms with Gasteiger partial charge in [-0.05, 0) is 55.3 Å². The van der Waals surface area contributed by atoms with Gasteiger partial charge in [-0.15, -0.1) is 0 Å². The summed E-state index contributed by atoms with van der Waals surface area (Å²) in [6.07, 6.45) is 7.09. The van der Waals surface area contributed by atoms with Gasteiger partial charge >= 0.3 is 5.69 Å². The Morgan fingerprint density at radius 3 is 2.52 bits per heavy atom. The fourth-order valence-corrected chi connectivity index (χ4v) is 4.15. The van der Waals surface area contributed by atoms with Crippen LogP contribution in [0.1, 0.15) is 30.4 Å². The molecule has 0 atom stereocenters. The van der Waals surface area contributed by atoms with E-state index in [1.165, 1.54) is 30.1 Å². The van der Waals surface area contributed by atoms with E-state index in [4.69, 9.17) is 11.6 Å². The van der Waals surface area contributed by atoms with Crippen LogP contribution in [0, 0.1) is 0 Å². The summed E-state index contributed by atoms with van der Waals surface area (Å²) >= 11 is 5.99. The van der Waals surface area contributed by atoms with Crippen molar-refractivity contribution in [1.82, 2.24) is 29.0 Å². The summed E-state index contributed by atoms with van der Waals surface area (Å²) in [7, 11) is 0. The second-order valence-corrected chi connectivity index (χ2v) is 7.98. The molecule has 4 aromatic rings. The molecular weight excluding hydrogens is 388 g/mol. The van der Waals surface area contributed by atoms with Crippen molar-refractivity contribution in [2.45, 2.75) is 32.4 Å². The predicted octanol–water partition coefficient (Wildman–Crippen LogP) is 3.13. The molecule has 7 nitrogen and oxygen atoms in total. The fraction of sp³-hybridized carbons (Fsp3) is 0.333. The summed E-state index contributed by atoms with van der Waals surface area (Å²) in [4.78, 5) is 24.5. The van der Waals surface area contributed by atoms with Gasteiger partial charge in [-0.1, -0.05) is 30.2 Å². The molecule has 1 aromatic carbocycles. The largest absolute Gasteiger partial charge is 0.352 e. The lowest BCUT2D eigenvalue weighted by Gasteiger charge is -2.26. The molecule has 1 aliphatic heterocycles. The lowest BCUT2D eigenvalue weighted by molar-refractivity contribution is 0.221. The maximum absolute atomic E-state index is 13.0. The van der Waals surface area contributed by atoms with Gasteiger partial charge in [0.15, 0.2) is 5.65 Å². The highest BCUT2D eigenvalue weighted by Crippen LogP contribution is 2.20. The lowest BCUT2D eigenvalue weighted by Crippen LogP contribution is -2.30. The Bertz CT molecular complexity index is 1220. The van der Waals surface area contributed by atoms with E-state index in [1.807, 2.05) is 30.5 Å². The number of benzene rings is 1. The van der Waals surface area contributed by atoms with Crippen molar-refractivity contribution >= 4 is 28.3 Å². The number of aromatic nitrogens is 5. The average molecular weight is 409 g/mol. The molecule has 5 rings (SSSR count). The molecule has 8 heteroatoms. The van der Waals surface area contributed by atoms with E-state index in [0.717, 1.165) is 36.1 Å². The Morgan fingerprint density at radius 1 is 0.931 bits per heavy atom. The zero-order valence-corrected chi connectivity index (χ0v) is 16.7. The normalized spacial score (nSPS) is 15.3. The summed E-state index contributed by atoms with van der Waals surface area (Å²) in [6.45, 7) is 3.49. The molecular formula is C21H21ClN6O. The van der Waals surface area contributed by atoms with Crippen LogP contribution in [0.5, 0.6) is 0 Å². The van der Waals surface area contributed by atoms with Crippen molar-refractivity contribution in [3.05, 3.63) is 69.5 Å². The van der Waals surface area contributed by atoms with E-state index in [2.05, 4.69) is 26.0 Å². The van der Waals surface area contributed by atoms with Gasteiger partial charge < -0.3 is 0 Å². The van der Waals surface area contributed by atoms with E-state index in [9.17, 15) is 4.79 Å². The number of fused-ring (bicyclic) bond motifs is 3. The number of nitrogens with zero attached hydrogens (tertiary/aromatic N) is 6. The summed E-state index contributed by atoms with van der Waals surface area (Å²) in [5, 5.41) is 5.65. The van der Waals surface area contributed by atoms with E-state index >= 15 is 0 Å². The Balaban J connectivity index is 1.60. The quantitative estimate of drug-likeness (QED) is 0.519. The average Bonchev–Trinajstić information content (AvgIpc) is 3.24. The molecule has 0 N–H and O–H groups in total. The van der Waals surface area contributed by atoms with Crippen LogP contribution in [-0.4, -0.2) is 42.1 Å². The second kappa shape index (κ2) is 7.57. The van der Waals surface area contributed by atoms with Crippen LogP contribution in [0.3, 0.4) is 0 Å². The van der Waals surface area contributed by atoms with Crippen molar-refractivity contribution < 1.29 is 0 Å². The van der Waals surface area contributed by atoms with E-state index in [1.54, 1.807) is 4.57 Å². The SMILES string of the molecule is O=c1n(Cc2ccc(Cl)cc2)c2ncc(CN3CCCCC3)cc2c2ncnn12. The lowest BCUT2D eigenvalue weighted by atomic mass is 10.1. The number of halogens is 1. The van der Waals surface area contributed by atoms with Crippen LogP contribution in [0.2, 0.25) is 5.02 Å². The Kier molecular flexibility index (Phi) is 4.77. The first-order chi connectivity index (χ1) is 14.2. The molecule has 0 unspecified atom stereocenters. The summed E-state index contributed by atoms with van der Waals surface area (Å²) in [6, 6.07) is 9.57. The topological polar surface area (TPSA) is 68.3 Å². The van der Waals surface area contributed by atoms with Crippen molar-refractivity contribution in [2.24, 2.45) is 0 Å². The highest BCUT2D eigenvalue weighted by atomic mass is 35.5.